The van der Waals surface area contributed by atoms with Crippen LogP contribution in [0.5, 0.6) is 5.75 Å². The van der Waals surface area contributed by atoms with E-state index in [9.17, 15) is 0 Å². The first-order chi connectivity index (χ1) is 10.1. The second-order valence-corrected chi connectivity index (χ2v) is 6.76. The Hall–Kier alpha value is -1.06. The molecule has 1 saturated heterocycles. The van der Waals surface area contributed by atoms with Gasteiger partial charge < -0.3 is 15.0 Å². The molecule has 1 unspecified atom stereocenters. The molecule has 1 aromatic rings. The standard InChI is InChI=1S/C18H28N2O/c1-13(2)20-9-6-17(7-10-20)19-14(3)15-4-5-18-16(12-15)8-11-21-18/h4-5,12-14,17,19H,6-11H2,1-3H3. The van der Waals surface area contributed by atoms with Gasteiger partial charge in [-0.25, -0.2) is 0 Å². The van der Waals surface area contributed by atoms with Crippen LogP contribution in [0.1, 0.15) is 50.8 Å². The lowest BCUT2D eigenvalue weighted by Crippen LogP contribution is -2.45. The van der Waals surface area contributed by atoms with Gasteiger partial charge in [0.2, 0.25) is 0 Å². The molecule has 1 N–H and O–H groups in total. The van der Waals surface area contributed by atoms with Crippen molar-refractivity contribution >= 4 is 0 Å². The second-order valence-electron chi connectivity index (χ2n) is 6.76. The molecule has 0 aliphatic carbocycles. The number of piperidine rings is 1. The van der Waals surface area contributed by atoms with Gasteiger partial charge in [-0.15, -0.1) is 0 Å². The van der Waals surface area contributed by atoms with Crippen LogP contribution >= 0.6 is 0 Å². The highest BCUT2D eigenvalue weighted by atomic mass is 16.5. The molecule has 0 aromatic heterocycles. The average Bonchev–Trinajstić information content (AvgIpc) is 2.95. The molecule has 0 radical (unpaired) electrons. The van der Waals surface area contributed by atoms with Gasteiger partial charge >= 0.3 is 0 Å². The number of likely N-dealkylation sites (tertiary alicyclic amines) is 1. The minimum absolute atomic E-state index is 0.423. The van der Waals surface area contributed by atoms with E-state index in [1.165, 1.54) is 37.1 Å². The molecular weight excluding hydrogens is 260 g/mol. The number of benzene rings is 1. The SMILES string of the molecule is CC(NC1CCN(C(C)C)CC1)c1ccc2c(c1)CCO2. The summed E-state index contributed by atoms with van der Waals surface area (Å²) in [5.41, 5.74) is 2.77. The van der Waals surface area contributed by atoms with Crippen LogP contribution < -0.4 is 10.1 Å². The molecule has 21 heavy (non-hydrogen) atoms. The molecule has 2 aliphatic rings. The maximum Gasteiger partial charge on any atom is 0.122 e. The fourth-order valence-electron chi connectivity index (χ4n) is 3.51. The van der Waals surface area contributed by atoms with Crippen LogP contribution in [0.25, 0.3) is 0 Å². The predicted molar refractivity (Wildman–Crippen MR) is 86.9 cm³/mol. The van der Waals surface area contributed by atoms with Crippen molar-refractivity contribution in [1.29, 1.82) is 0 Å². The fourth-order valence-corrected chi connectivity index (χ4v) is 3.51. The highest BCUT2D eigenvalue weighted by Crippen LogP contribution is 2.28. The van der Waals surface area contributed by atoms with Crippen molar-refractivity contribution in [1.82, 2.24) is 10.2 Å². The first-order valence-corrected chi connectivity index (χ1v) is 8.39. The van der Waals surface area contributed by atoms with Crippen LogP contribution in [-0.4, -0.2) is 36.7 Å². The first kappa shape index (κ1) is 14.9. The Morgan fingerprint density at radius 3 is 2.67 bits per heavy atom. The van der Waals surface area contributed by atoms with Crippen LogP contribution in [0.3, 0.4) is 0 Å². The highest BCUT2D eigenvalue weighted by molar-refractivity contribution is 5.40. The minimum Gasteiger partial charge on any atom is -0.493 e. The molecule has 3 nitrogen and oxygen atoms in total. The van der Waals surface area contributed by atoms with Gasteiger partial charge in [-0.2, -0.15) is 0 Å². The number of nitrogens with zero attached hydrogens (tertiary/aromatic N) is 1. The number of fused-ring (bicyclic) bond motifs is 1. The Bertz CT molecular complexity index is 478. The van der Waals surface area contributed by atoms with E-state index in [1.54, 1.807) is 0 Å². The summed E-state index contributed by atoms with van der Waals surface area (Å²) in [6.45, 7) is 10.2. The van der Waals surface area contributed by atoms with E-state index in [2.05, 4.69) is 49.2 Å². The van der Waals surface area contributed by atoms with Gasteiger partial charge in [0.05, 0.1) is 6.61 Å². The minimum atomic E-state index is 0.423. The average molecular weight is 288 g/mol. The molecule has 0 amide bonds. The molecule has 1 atom stereocenters. The Morgan fingerprint density at radius 1 is 1.19 bits per heavy atom. The third-order valence-corrected chi connectivity index (χ3v) is 4.96. The van der Waals surface area contributed by atoms with E-state index >= 15 is 0 Å². The third-order valence-electron chi connectivity index (χ3n) is 4.96. The molecule has 0 bridgehead atoms. The van der Waals surface area contributed by atoms with Crippen LogP contribution in [-0.2, 0) is 6.42 Å². The smallest absolute Gasteiger partial charge is 0.122 e. The van der Waals surface area contributed by atoms with Gasteiger partial charge in [0, 0.05) is 24.5 Å². The van der Waals surface area contributed by atoms with Crippen molar-refractivity contribution in [3.63, 3.8) is 0 Å². The lowest BCUT2D eigenvalue weighted by molar-refractivity contribution is 0.157. The summed E-state index contributed by atoms with van der Waals surface area (Å²) in [7, 11) is 0. The van der Waals surface area contributed by atoms with E-state index < -0.39 is 0 Å². The summed E-state index contributed by atoms with van der Waals surface area (Å²) in [6.07, 6.45) is 3.58. The van der Waals surface area contributed by atoms with Crippen molar-refractivity contribution in [3.8, 4) is 5.75 Å². The Labute approximate surface area is 128 Å². The number of hydrogen-bond donors (Lipinski definition) is 1. The molecule has 3 heteroatoms. The van der Waals surface area contributed by atoms with Gasteiger partial charge in [0.25, 0.3) is 0 Å². The summed E-state index contributed by atoms with van der Waals surface area (Å²) in [6, 6.07) is 8.43. The van der Waals surface area contributed by atoms with E-state index in [-0.39, 0.29) is 0 Å². The molecule has 1 fully saturated rings. The van der Waals surface area contributed by atoms with E-state index in [1.807, 2.05) is 0 Å². The zero-order valence-corrected chi connectivity index (χ0v) is 13.6. The number of nitrogens with one attached hydrogen (secondary N) is 1. The number of ether oxygens (including phenoxy) is 1. The molecule has 2 heterocycles. The van der Waals surface area contributed by atoms with E-state index in [4.69, 9.17) is 4.74 Å². The Kier molecular flexibility index (Phi) is 4.51. The maximum absolute atomic E-state index is 5.59. The summed E-state index contributed by atoms with van der Waals surface area (Å²) in [4.78, 5) is 2.58. The molecule has 2 aliphatic heterocycles. The van der Waals surface area contributed by atoms with Crippen molar-refractivity contribution in [3.05, 3.63) is 29.3 Å². The number of hydrogen-bond acceptors (Lipinski definition) is 3. The van der Waals surface area contributed by atoms with Gasteiger partial charge in [-0.1, -0.05) is 12.1 Å². The summed E-state index contributed by atoms with van der Waals surface area (Å²) in [5.74, 6) is 1.08. The highest BCUT2D eigenvalue weighted by Gasteiger charge is 2.22. The van der Waals surface area contributed by atoms with Crippen LogP contribution in [0.4, 0.5) is 0 Å². The zero-order valence-electron chi connectivity index (χ0n) is 13.6. The van der Waals surface area contributed by atoms with Crippen molar-refractivity contribution in [2.45, 2.75) is 58.2 Å². The van der Waals surface area contributed by atoms with E-state index in [0.29, 0.717) is 18.1 Å². The quantitative estimate of drug-likeness (QED) is 0.921. The normalized spacial score (nSPS) is 21.3. The van der Waals surface area contributed by atoms with Crippen molar-refractivity contribution in [2.75, 3.05) is 19.7 Å². The van der Waals surface area contributed by atoms with Crippen molar-refractivity contribution < 1.29 is 4.74 Å². The molecule has 1 aromatic carbocycles. The summed E-state index contributed by atoms with van der Waals surface area (Å²) in [5, 5.41) is 3.82. The van der Waals surface area contributed by atoms with Crippen LogP contribution in [0.2, 0.25) is 0 Å². The first-order valence-electron chi connectivity index (χ1n) is 8.39. The molecule has 3 rings (SSSR count). The third kappa shape index (κ3) is 3.41. The van der Waals surface area contributed by atoms with Gasteiger partial charge in [0.1, 0.15) is 5.75 Å². The molecule has 116 valence electrons. The summed E-state index contributed by atoms with van der Waals surface area (Å²) < 4.78 is 5.59. The predicted octanol–water partition coefficient (Wildman–Crippen LogP) is 3.14. The second kappa shape index (κ2) is 6.37. The van der Waals surface area contributed by atoms with E-state index in [0.717, 1.165) is 18.8 Å². The number of rotatable bonds is 4. The fraction of sp³-hybridized carbons (Fsp3) is 0.667. The monoisotopic (exact) mass is 288 g/mol. The Balaban J connectivity index is 1.56. The van der Waals surface area contributed by atoms with Gasteiger partial charge in [0.15, 0.2) is 0 Å². The Morgan fingerprint density at radius 2 is 1.95 bits per heavy atom. The van der Waals surface area contributed by atoms with Gasteiger partial charge in [-0.05, 0) is 63.9 Å². The van der Waals surface area contributed by atoms with Crippen LogP contribution in [0.15, 0.2) is 18.2 Å². The van der Waals surface area contributed by atoms with Gasteiger partial charge in [-0.3, -0.25) is 0 Å². The molecule has 0 spiro atoms. The molecule has 0 saturated carbocycles. The van der Waals surface area contributed by atoms with Crippen LogP contribution in [0, 0.1) is 0 Å². The lowest BCUT2D eigenvalue weighted by atomic mass is 9.99. The van der Waals surface area contributed by atoms with Crippen molar-refractivity contribution in [2.24, 2.45) is 0 Å². The molecular formula is C18H28N2O. The topological polar surface area (TPSA) is 24.5 Å². The maximum atomic E-state index is 5.59. The lowest BCUT2D eigenvalue weighted by Gasteiger charge is -2.36. The zero-order chi connectivity index (χ0) is 14.8. The largest absolute Gasteiger partial charge is 0.493 e. The summed E-state index contributed by atoms with van der Waals surface area (Å²) >= 11 is 0.